The van der Waals surface area contributed by atoms with Crippen LogP contribution in [0.25, 0.3) is 0 Å². The quantitative estimate of drug-likeness (QED) is 0.725. The van der Waals surface area contributed by atoms with Gasteiger partial charge in [0, 0.05) is 17.1 Å². The molecule has 1 amide bonds. The van der Waals surface area contributed by atoms with Gasteiger partial charge in [-0.05, 0) is 68.3 Å². The highest BCUT2D eigenvalue weighted by molar-refractivity contribution is 6.03. The molecule has 2 N–H and O–H groups in total. The van der Waals surface area contributed by atoms with Gasteiger partial charge in [-0.2, -0.15) is 0 Å². The second-order valence-corrected chi connectivity index (χ2v) is 6.12. The van der Waals surface area contributed by atoms with Gasteiger partial charge in [0.2, 0.25) is 5.95 Å². The number of hydrogen-bond donors (Lipinski definition) is 2. The van der Waals surface area contributed by atoms with Gasteiger partial charge in [0.15, 0.2) is 0 Å². The summed E-state index contributed by atoms with van der Waals surface area (Å²) >= 11 is 0. The van der Waals surface area contributed by atoms with Crippen LogP contribution in [-0.4, -0.2) is 15.9 Å². The third-order valence-electron chi connectivity index (χ3n) is 3.83. The molecule has 1 aromatic heterocycles. The fourth-order valence-electron chi connectivity index (χ4n) is 2.46. The molecule has 0 saturated carbocycles. The number of amides is 1. The first-order chi connectivity index (χ1) is 12.4. The number of carbonyl (C=O) groups is 1. The van der Waals surface area contributed by atoms with Crippen molar-refractivity contribution in [2.75, 3.05) is 10.6 Å². The van der Waals surface area contributed by atoms with Gasteiger partial charge in [-0.15, -0.1) is 0 Å². The Hall–Kier alpha value is -3.28. The largest absolute Gasteiger partial charge is 0.324 e. The highest BCUT2D eigenvalue weighted by atomic mass is 19.1. The minimum absolute atomic E-state index is 0.231. The number of hydrogen-bond acceptors (Lipinski definition) is 4. The van der Waals surface area contributed by atoms with Gasteiger partial charge < -0.3 is 10.6 Å². The van der Waals surface area contributed by atoms with E-state index in [2.05, 4.69) is 20.6 Å². The number of benzene rings is 2. The number of nitrogens with zero attached hydrogens (tertiary/aromatic N) is 2. The molecule has 26 heavy (non-hydrogen) atoms. The smallest absolute Gasteiger partial charge is 0.274 e. The Kier molecular flexibility index (Phi) is 4.93. The van der Waals surface area contributed by atoms with Crippen LogP contribution in [0.5, 0.6) is 0 Å². The molecular weight excluding hydrogens is 331 g/mol. The fraction of sp³-hybridized carbons (Fsp3) is 0.150. The first-order valence-corrected chi connectivity index (χ1v) is 8.17. The fourth-order valence-corrected chi connectivity index (χ4v) is 2.46. The molecule has 6 heteroatoms. The number of carbonyl (C=O) groups excluding carboxylic acids is 1. The zero-order valence-electron chi connectivity index (χ0n) is 14.8. The summed E-state index contributed by atoms with van der Waals surface area (Å²) in [5.41, 5.74) is 4.45. The minimum atomic E-state index is -0.383. The van der Waals surface area contributed by atoms with E-state index in [1.165, 1.54) is 24.3 Å². The van der Waals surface area contributed by atoms with Crippen molar-refractivity contribution in [3.05, 3.63) is 76.9 Å². The lowest BCUT2D eigenvalue weighted by atomic mass is 10.1. The number of aromatic nitrogens is 2. The van der Waals surface area contributed by atoms with Crippen molar-refractivity contribution in [3.8, 4) is 0 Å². The molecule has 0 aliphatic rings. The van der Waals surface area contributed by atoms with Crippen LogP contribution in [0.2, 0.25) is 0 Å². The van der Waals surface area contributed by atoms with Crippen LogP contribution in [0.15, 0.2) is 48.5 Å². The highest BCUT2D eigenvalue weighted by Crippen LogP contribution is 2.20. The van der Waals surface area contributed by atoms with E-state index in [9.17, 15) is 9.18 Å². The standard InChI is InChI=1S/C20H19FN4O/c1-12-4-5-13(2)17(10-12)24-20-22-14(3)11-18(25-20)19(26)23-16-8-6-15(21)7-9-16/h4-11H,1-3H3,(H,23,26)(H,22,24,25). The van der Waals surface area contributed by atoms with Crippen LogP contribution >= 0.6 is 0 Å². The third-order valence-corrected chi connectivity index (χ3v) is 3.83. The zero-order chi connectivity index (χ0) is 18.7. The molecule has 5 nitrogen and oxygen atoms in total. The predicted octanol–water partition coefficient (Wildman–Crippen LogP) is 4.54. The SMILES string of the molecule is Cc1ccc(C)c(Nc2nc(C)cc(C(=O)Nc3ccc(F)cc3)n2)c1. The van der Waals surface area contributed by atoms with E-state index in [0.717, 1.165) is 16.8 Å². The number of aryl methyl sites for hydroxylation is 3. The molecule has 0 atom stereocenters. The average Bonchev–Trinajstić information content (AvgIpc) is 2.59. The minimum Gasteiger partial charge on any atom is -0.324 e. The van der Waals surface area contributed by atoms with Crippen LogP contribution < -0.4 is 10.6 Å². The molecule has 0 spiro atoms. The van der Waals surface area contributed by atoms with Crippen LogP contribution in [0, 0.1) is 26.6 Å². The lowest BCUT2D eigenvalue weighted by molar-refractivity contribution is 0.102. The molecule has 0 bridgehead atoms. The molecule has 3 aromatic rings. The molecular formula is C20H19FN4O. The van der Waals surface area contributed by atoms with E-state index in [1.54, 1.807) is 13.0 Å². The van der Waals surface area contributed by atoms with Gasteiger partial charge >= 0.3 is 0 Å². The van der Waals surface area contributed by atoms with Crippen LogP contribution in [0.4, 0.5) is 21.7 Å². The Morgan fingerprint density at radius 1 is 0.962 bits per heavy atom. The lowest BCUT2D eigenvalue weighted by Gasteiger charge is -2.11. The molecule has 0 aliphatic carbocycles. The van der Waals surface area contributed by atoms with Gasteiger partial charge in [0.25, 0.3) is 5.91 Å². The van der Waals surface area contributed by atoms with E-state index in [1.807, 2.05) is 32.0 Å². The number of nitrogens with one attached hydrogen (secondary N) is 2. The Balaban J connectivity index is 1.83. The van der Waals surface area contributed by atoms with E-state index in [-0.39, 0.29) is 17.4 Å². The average molecular weight is 350 g/mol. The number of halogens is 1. The van der Waals surface area contributed by atoms with Gasteiger partial charge in [-0.3, -0.25) is 4.79 Å². The summed E-state index contributed by atoms with van der Waals surface area (Å²) in [6.45, 7) is 5.79. The van der Waals surface area contributed by atoms with E-state index in [0.29, 0.717) is 17.3 Å². The normalized spacial score (nSPS) is 10.5. The molecule has 0 fully saturated rings. The van der Waals surface area contributed by atoms with Crippen LogP contribution in [0.1, 0.15) is 27.3 Å². The summed E-state index contributed by atoms with van der Waals surface area (Å²) < 4.78 is 13.0. The van der Waals surface area contributed by atoms with Crippen molar-refractivity contribution in [2.24, 2.45) is 0 Å². The highest BCUT2D eigenvalue weighted by Gasteiger charge is 2.12. The first-order valence-electron chi connectivity index (χ1n) is 8.17. The van der Waals surface area contributed by atoms with Gasteiger partial charge in [-0.1, -0.05) is 12.1 Å². The Labute approximate surface area is 151 Å². The van der Waals surface area contributed by atoms with Crippen molar-refractivity contribution in [1.82, 2.24) is 9.97 Å². The number of anilines is 3. The maximum atomic E-state index is 13.0. The maximum Gasteiger partial charge on any atom is 0.274 e. The maximum absolute atomic E-state index is 13.0. The molecule has 1 heterocycles. The molecule has 0 saturated heterocycles. The Bertz CT molecular complexity index is 955. The second-order valence-electron chi connectivity index (χ2n) is 6.12. The predicted molar refractivity (Wildman–Crippen MR) is 100 cm³/mol. The zero-order valence-corrected chi connectivity index (χ0v) is 14.8. The molecule has 2 aromatic carbocycles. The van der Waals surface area contributed by atoms with Crippen molar-refractivity contribution >= 4 is 23.2 Å². The Morgan fingerprint density at radius 2 is 1.69 bits per heavy atom. The van der Waals surface area contributed by atoms with E-state index < -0.39 is 0 Å². The summed E-state index contributed by atoms with van der Waals surface area (Å²) in [5.74, 6) is -0.394. The van der Waals surface area contributed by atoms with Gasteiger partial charge in [0.1, 0.15) is 11.5 Å². The molecule has 3 rings (SSSR count). The number of rotatable bonds is 4. The second kappa shape index (κ2) is 7.31. The van der Waals surface area contributed by atoms with Crippen molar-refractivity contribution in [2.45, 2.75) is 20.8 Å². The summed E-state index contributed by atoms with van der Waals surface area (Å²) in [5, 5.41) is 5.87. The monoisotopic (exact) mass is 350 g/mol. The van der Waals surface area contributed by atoms with Crippen molar-refractivity contribution in [3.63, 3.8) is 0 Å². The van der Waals surface area contributed by atoms with Crippen molar-refractivity contribution < 1.29 is 9.18 Å². The summed E-state index contributed by atoms with van der Waals surface area (Å²) in [7, 11) is 0. The molecule has 0 radical (unpaired) electrons. The first kappa shape index (κ1) is 17.5. The summed E-state index contributed by atoms with van der Waals surface area (Å²) in [6, 6.07) is 13.2. The van der Waals surface area contributed by atoms with Gasteiger partial charge in [-0.25, -0.2) is 14.4 Å². The Morgan fingerprint density at radius 3 is 2.42 bits per heavy atom. The van der Waals surface area contributed by atoms with E-state index in [4.69, 9.17) is 0 Å². The molecule has 0 aliphatic heterocycles. The van der Waals surface area contributed by atoms with Crippen LogP contribution in [-0.2, 0) is 0 Å². The topological polar surface area (TPSA) is 66.9 Å². The van der Waals surface area contributed by atoms with Crippen molar-refractivity contribution in [1.29, 1.82) is 0 Å². The lowest BCUT2D eigenvalue weighted by Crippen LogP contribution is -2.15. The van der Waals surface area contributed by atoms with E-state index >= 15 is 0 Å². The summed E-state index contributed by atoms with van der Waals surface area (Å²) in [4.78, 5) is 21.1. The molecule has 132 valence electrons. The molecule has 0 unspecified atom stereocenters. The van der Waals surface area contributed by atoms with Crippen LogP contribution in [0.3, 0.4) is 0 Å². The third kappa shape index (κ3) is 4.22. The van der Waals surface area contributed by atoms with Gasteiger partial charge in [0.05, 0.1) is 0 Å². The summed E-state index contributed by atoms with van der Waals surface area (Å²) in [6.07, 6.45) is 0.